The first kappa shape index (κ1) is 21.8. The summed E-state index contributed by atoms with van der Waals surface area (Å²) in [4.78, 5) is 18.1. The molecule has 2 rings (SSSR count). The van der Waals surface area contributed by atoms with E-state index in [9.17, 15) is 13.2 Å². The number of imidazole rings is 1. The van der Waals surface area contributed by atoms with Crippen LogP contribution in [-0.2, 0) is 38.2 Å². The van der Waals surface area contributed by atoms with Crippen LogP contribution >= 0.6 is 0 Å². The molecule has 1 amide bonds. The van der Waals surface area contributed by atoms with Crippen LogP contribution in [0, 0.1) is 0 Å². The lowest BCUT2D eigenvalue weighted by Crippen LogP contribution is -2.39. The molecule has 2 aromatic rings. The maximum absolute atomic E-state index is 12.9. The van der Waals surface area contributed by atoms with Gasteiger partial charge in [0.2, 0.25) is 20.9 Å². The third-order valence-electron chi connectivity index (χ3n) is 4.23. The second-order valence-electron chi connectivity index (χ2n) is 6.72. The molecule has 0 radical (unpaired) electrons. The number of benzene rings is 1. The van der Waals surface area contributed by atoms with Crippen molar-refractivity contribution in [2.45, 2.75) is 43.9 Å². The minimum Gasteiger partial charge on any atom is -0.375 e. The van der Waals surface area contributed by atoms with Gasteiger partial charge < -0.3 is 14.2 Å². The third kappa shape index (κ3) is 5.30. The quantitative estimate of drug-likeness (QED) is 0.567. The topological polar surface area (TPSA) is 81.5 Å². The number of amides is 1. The summed E-state index contributed by atoms with van der Waals surface area (Å²) < 4.78 is 32.4. The standard InChI is InChI=1S/C20H27N3O4S/c1-5-11-22-18(13-23(16(2)3)19(24)14-27-4)12-21-20(22)28(25,26)15-17-9-7-6-8-10-17/h5-10,12,16H,1,11,13-15H2,2-4H3. The van der Waals surface area contributed by atoms with E-state index < -0.39 is 9.84 Å². The fraction of sp³-hybridized carbons (Fsp3) is 0.400. The summed E-state index contributed by atoms with van der Waals surface area (Å²) >= 11 is 0. The summed E-state index contributed by atoms with van der Waals surface area (Å²) in [6, 6.07) is 8.90. The van der Waals surface area contributed by atoms with Crippen molar-refractivity contribution in [3.8, 4) is 0 Å². The van der Waals surface area contributed by atoms with E-state index in [1.165, 1.54) is 13.3 Å². The molecule has 0 aliphatic rings. The van der Waals surface area contributed by atoms with E-state index in [4.69, 9.17) is 4.74 Å². The number of hydrogen-bond acceptors (Lipinski definition) is 5. The van der Waals surface area contributed by atoms with Gasteiger partial charge in [-0.1, -0.05) is 36.4 Å². The molecule has 0 aliphatic carbocycles. The first-order valence-corrected chi connectivity index (χ1v) is 10.7. The predicted octanol–water partition coefficient (Wildman–Crippen LogP) is 2.43. The Labute approximate surface area is 166 Å². The zero-order chi connectivity index (χ0) is 20.7. The van der Waals surface area contributed by atoms with Crippen molar-refractivity contribution < 1.29 is 17.9 Å². The molecule has 0 N–H and O–H groups in total. The van der Waals surface area contributed by atoms with E-state index in [1.54, 1.807) is 39.8 Å². The van der Waals surface area contributed by atoms with Gasteiger partial charge in [-0.15, -0.1) is 6.58 Å². The summed E-state index contributed by atoms with van der Waals surface area (Å²) in [5.41, 5.74) is 1.32. The lowest BCUT2D eigenvalue weighted by atomic mass is 10.2. The molecule has 0 fully saturated rings. The van der Waals surface area contributed by atoms with Crippen LogP contribution in [0.5, 0.6) is 0 Å². The maximum Gasteiger partial charge on any atom is 0.249 e. The van der Waals surface area contributed by atoms with E-state index in [0.29, 0.717) is 11.3 Å². The van der Waals surface area contributed by atoms with E-state index in [-0.39, 0.29) is 42.6 Å². The van der Waals surface area contributed by atoms with Crippen LogP contribution < -0.4 is 0 Å². The van der Waals surface area contributed by atoms with Gasteiger partial charge in [0.25, 0.3) is 0 Å². The molecule has 8 heteroatoms. The fourth-order valence-corrected chi connectivity index (χ4v) is 4.39. The Balaban J connectivity index is 2.37. The number of hydrogen-bond donors (Lipinski definition) is 0. The average molecular weight is 406 g/mol. The maximum atomic E-state index is 12.9. The van der Waals surface area contributed by atoms with Crippen molar-refractivity contribution in [2.75, 3.05) is 13.7 Å². The van der Waals surface area contributed by atoms with Gasteiger partial charge >= 0.3 is 0 Å². The van der Waals surface area contributed by atoms with Gasteiger partial charge in [-0.05, 0) is 19.4 Å². The molecule has 0 spiro atoms. The van der Waals surface area contributed by atoms with Gasteiger partial charge in [-0.3, -0.25) is 4.79 Å². The third-order valence-corrected chi connectivity index (χ3v) is 5.83. The van der Waals surface area contributed by atoms with Crippen molar-refractivity contribution >= 4 is 15.7 Å². The van der Waals surface area contributed by atoms with Gasteiger partial charge in [0.1, 0.15) is 6.61 Å². The fourth-order valence-electron chi connectivity index (χ4n) is 2.89. The van der Waals surface area contributed by atoms with Crippen LogP contribution in [0.15, 0.2) is 54.3 Å². The molecule has 152 valence electrons. The minimum absolute atomic E-state index is 0.0193. The van der Waals surface area contributed by atoms with E-state index in [0.717, 1.165) is 0 Å². The van der Waals surface area contributed by atoms with Crippen LogP contribution in [0.1, 0.15) is 25.1 Å². The monoisotopic (exact) mass is 405 g/mol. The molecule has 1 aromatic heterocycles. The number of sulfone groups is 1. The van der Waals surface area contributed by atoms with Crippen LogP contribution in [-0.4, -0.2) is 48.5 Å². The van der Waals surface area contributed by atoms with Crippen molar-refractivity contribution in [3.63, 3.8) is 0 Å². The van der Waals surface area contributed by atoms with Gasteiger partial charge in [0, 0.05) is 19.7 Å². The normalized spacial score (nSPS) is 11.6. The first-order chi connectivity index (χ1) is 13.3. The highest BCUT2D eigenvalue weighted by molar-refractivity contribution is 7.90. The molecular formula is C20H27N3O4S. The molecule has 1 aromatic carbocycles. The molecular weight excluding hydrogens is 378 g/mol. The lowest BCUT2D eigenvalue weighted by molar-refractivity contribution is -0.137. The van der Waals surface area contributed by atoms with Crippen molar-refractivity contribution in [2.24, 2.45) is 0 Å². The Kier molecular flexibility index (Phi) is 7.53. The number of methoxy groups -OCH3 is 1. The number of aromatic nitrogens is 2. The summed E-state index contributed by atoms with van der Waals surface area (Å²) in [7, 11) is -2.19. The van der Waals surface area contributed by atoms with Crippen molar-refractivity contribution in [3.05, 3.63) is 60.4 Å². The van der Waals surface area contributed by atoms with Crippen molar-refractivity contribution in [1.82, 2.24) is 14.5 Å². The second-order valence-corrected chi connectivity index (χ2v) is 8.61. The zero-order valence-corrected chi connectivity index (χ0v) is 17.4. The molecule has 0 saturated carbocycles. The number of nitrogens with zero attached hydrogens (tertiary/aromatic N) is 3. The molecule has 0 saturated heterocycles. The van der Waals surface area contributed by atoms with E-state index >= 15 is 0 Å². The van der Waals surface area contributed by atoms with E-state index in [1.807, 2.05) is 19.9 Å². The highest BCUT2D eigenvalue weighted by Crippen LogP contribution is 2.19. The number of carbonyl (C=O) groups is 1. The first-order valence-electron chi connectivity index (χ1n) is 9.00. The summed E-state index contributed by atoms with van der Waals surface area (Å²) in [5, 5.41) is -0.0193. The summed E-state index contributed by atoms with van der Waals surface area (Å²) in [6.45, 7) is 8.00. The smallest absolute Gasteiger partial charge is 0.249 e. The number of allylic oxidation sites excluding steroid dienone is 1. The highest BCUT2D eigenvalue weighted by Gasteiger charge is 2.26. The minimum atomic E-state index is -3.66. The summed E-state index contributed by atoms with van der Waals surface area (Å²) in [6.07, 6.45) is 3.13. The van der Waals surface area contributed by atoms with Crippen molar-refractivity contribution in [1.29, 1.82) is 0 Å². The SMILES string of the molecule is C=CCn1c(CN(C(=O)COC)C(C)C)cnc1S(=O)(=O)Cc1ccccc1. The number of carbonyl (C=O) groups excluding carboxylic acids is 1. The largest absolute Gasteiger partial charge is 0.375 e. The second kappa shape index (κ2) is 9.66. The molecule has 1 heterocycles. The average Bonchev–Trinajstić information content (AvgIpc) is 3.04. The molecule has 7 nitrogen and oxygen atoms in total. The van der Waals surface area contributed by atoms with Gasteiger partial charge in [-0.25, -0.2) is 13.4 Å². The predicted molar refractivity (Wildman–Crippen MR) is 107 cm³/mol. The molecule has 0 aliphatic heterocycles. The van der Waals surface area contributed by atoms with Gasteiger partial charge in [0.05, 0.1) is 24.2 Å². The summed E-state index contributed by atoms with van der Waals surface area (Å²) in [5.74, 6) is -0.310. The lowest BCUT2D eigenvalue weighted by Gasteiger charge is -2.27. The molecule has 0 unspecified atom stereocenters. The Morgan fingerprint density at radius 1 is 1.32 bits per heavy atom. The Bertz CT molecular complexity index is 905. The van der Waals surface area contributed by atoms with E-state index in [2.05, 4.69) is 11.6 Å². The molecule has 28 heavy (non-hydrogen) atoms. The van der Waals surface area contributed by atoms with Crippen LogP contribution in [0.3, 0.4) is 0 Å². The molecule has 0 atom stereocenters. The Hall–Kier alpha value is -2.45. The van der Waals surface area contributed by atoms with Crippen LogP contribution in [0.4, 0.5) is 0 Å². The Morgan fingerprint density at radius 3 is 2.57 bits per heavy atom. The Morgan fingerprint density at radius 2 is 2.00 bits per heavy atom. The highest BCUT2D eigenvalue weighted by atomic mass is 32.2. The number of rotatable bonds is 10. The molecule has 0 bridgehead atoms. The zero-order valence-electron chi connectivity index (χ0n) is 16.5. The van der Waals surface area contributed by atoms with Crippen LogP contribution in [0.25, 0.3) is 0 Å². The van der Waals surface area contributed by atoms with Gasteiger partial charge in [-0.2, -0.15) is 0 Å². The number of ether oxygens (including phenoxy) is 1. The van der Waals surface area contributed by atoms with Gasteiger partial charge in [0.15, 0.2) is 0 Å². The van der Waals surface area contributed by atoms with Crippen LogP contribution in [0.2, 0.25) is 0 Å².